The molecule has 10 heteroatoms. The van der Waals surface area contributed by atoms with E-state index in [2.05, 4.69) is 5.16 Å². The first-order valence-electron chi connectivity index (χ1n) is 10.3. The number of aromatic nitrogens is 1. The number of fused-ring (bicyclic) bond motifs is 2. The first kappa shape index (κ1) is 21.7. The van der Waals surface area contributed by atoms with E-state index in [9.17, 15) is 14.8 Å². The quantitative estimate of drug-likeness (QED) is 0.576. The molecule has 170 valence electrons. The van der Waals surface area contributed by atoms with E-state index in [4.69, 9.17) is 14.2 Å². The van der Waals surface area contributed by atoms with Crippen molar-refractivity contribution in [3.8, 4) is 5.75 Å². The van der Waals surface area contributed by atoms with Gasteiger partial charge in [0.25, 0.3) is 5.91 Å². The molecule has 10 nitrogen and oxygen atoms in total. The standard InChI is InChI=1S/C22H26N4O6/c1-22(2,3)32-21(28)26-17-14-30-12-11-24(17)20(27)18-19(16(23-29)9-10-25(18)26)31-13-15-7-5-4-6-8-15/h4-10,17,29H,11-14H2,1-3H3/b23-16+/t17-/m1/s1. The van der Waals surface area contributed by atoms with Gasteiger partial charge < -0.3 is 24.3 Å². The third kappa shape index (κ3) is 4.13. The van der Waals surface area contributed by atoms with E-state index in [1.165, 1.54) is 21.9 Å². The van der Waals surface area contributed by atoms with Crippen LogP contribution < -0.4 is 15.1 Å². The maximum atomic E-state index is 13.5. The number of nitrogens with zero attached hydrogens (tertiary/aromatic N) is 4. The average molecular weight is 442 g/mol. The summed E-state index contributed by atoms with van der Waals surface area (Å²) in [7, 11) is 0. The number of carbonyl (C=O) groups excluding carboxylic acids is 2. The highest BCUT2D eigenvalue weighted by Crippen LogP contribution is 2.28. The Bertz CT molecular complexity index is 1080. The summed E-state index contributed by atoms with van der Waals surface area (Å²) < 4.78 is 18.5. The molecule has 1 fully saturated rings. The minimum Gasteiger partial charge on any atom is -0.484 e. The lowest BCUT2D eigenvalue weighted by molar-refractivity contribution is -0.0224. The number of hydrogen-bond acceptors (Lipinski definition) is 7. The summed E-state index contributed by atoms with van der Waals surface area (Å²) in [4.78, 5) is 28.2. The lowest BCUT2D eigenvalue weighted by Crippen LogP contribution is -2.67. The van der Waals surface area contributed by atoms with E-state index >= 15 is 0 Å². The van der Waals surface area contributed by atoms with Gasteiger partial charge in [0.05, 0.1) is 13.2 Å². The fraction of sp³-hybridized carbons (Fsp3) is 0.409. The van der Waals surface area contributed by atoms with E-state index in [0.29, 0.717) is 13.2 Å². The van der Waals surface area contributed by atoms with Crippen LogP contribution in [0.15, 0.2) is 47.8 Å². The molecule has 1 atom stereocenters. The fourth-order valence-electron chi connectivity index (χ4n) is 3.67. The van der Waals surface area contributed by atoms with Crippen LogP contribution in [0.1, 0.15) is 36.8 Å². The van der Waals surface area contributed by atoms with E-state index < -0.39 is 17.9 Å². The van der Waals surface area contributed by atoms with Gasteiger partial charge >= 0.3 is 6.09 Å². The molecule has 2 aromatic rings. The molecule has 1 aromatic carbocycles. The lowest BCUT2D eigenvalue weighted by Gasteiger charge is -2.46. The second kappa shape index (κ2) is 8.54. The van der Waals surface area contributed by atoms with Crippen molar-refractivity contribution in [3.05, 3.63) is 59.2 Å². The van der Waals surface area contributed by atoms with Crippen LogP contribution in [0.3, 0.4) is 0 Å². The normalized spacial score (nSPS) is 18.8. The molecule has 0 saturated carbocycles. The summed E-state index contributed by atoms with van der Waals surface area (Å²) in [6.07, 6.45) is 0.162. The molecule has 4 rings (SSSR count). The Hall–Kier alpha value is -3.53. The smallest absolute Gasteiger partial charge is 0.431 e. The van der Waals surface area contributed by atoms with Crippen LogP contribution in [0, 0.1) is 0 Å². The molecule has 0 bridgehead atoms. The summed E-state index contributed by atoms with van der Waals surface area (Å²) in [6, 6.07) is 10.9. The molecule has 2 aliphatic rings. The SMILES string of the molecule is CC(C)(C)OC(=O)N1[C@@H]2COCCN2C(=O)c2c(OCc3ccccc3)/c(=N/O)ccn21. The molecular weight excluding hydrogens is 416 g/mol. The second-order valence-electron chi connectivity index (χ2n) is 8.48. The lowest BCUT2D eigenvalue weighted by atomic mass is 10.2. The summed E-state index contributed by atoms with van der Waals surface area (Å²) in [5, 5.41) is 14.3. The van der Waals surface area contributed by atoms with Gasteiger partial charge in [0.15, 0.2) is 17.6 Å². The van der Waals surface area contributed by atoms with E-state index in [1.807, 2.05) is 30.3 Å². The van der Waals surface area contributed by atoms with E-state index in [-0.39, 0.29) is 35.9 Å². The molecule has 2 amide bonds. The minimum absolute atomic E-state index is 0.0697. The number of ether oxygens (including phenoxy) is 3. The summed E-state index contributed by atoms with van der Waals surface area (Å²) in [6.45, 7) is 6.22. The molecule has 1 saturated heterocycles. The highest BCUT2D eigenvalue weighted by Gasteiger charge is 2.45. The summed E-state index contributed by atoms with van der Waals surface area (Å²) >= 11 is 0. The molecule has 3 heterocycles. The van der Waals surface area contributed by atoms with Gasteiger partial charge in [0.1, 0.15) is 17.6 Å². The van der Waals surface area contributed by atoms with Crippen LogP contribution in [0.4, 0.5) is 4.79 Å². The van der Waals surface area contributed by atoms with Crippen molar-refractivity contribution in [2.75, 3.05) is 24.8 Å². The van der Waals surface area contributed by atoms with Gasteiger partial charge in [0.2, 0.25) is 0 Å². The van der Waals surface area contributed by atoms with Crippen molar-refractivity contribution in [3.63, 3.8) is 0 Å². The number of amides is 2. The Kier molecular flexibility index (Phi) is 5.79. The van der Waals surface area contributed by atoms with Crippen LogP contribution in [-0.4, -0.2) is 58.3 Å². The van der Waals surface area contributed by atoms with Gasteiger partial charge in [-0.15, -0.1) is 0 Å². The highest BCUT2D eigenvalue weighted by atomic mass is 16.6. The zero-order valence-corrected chi connectivity index (χ0v) is 18.2. The molecule has 0 spiro atoms. The maximum Gasteiger partial charge on any atom is 0.431 e. The molecule has 0 radical (unpaired) electrons. The Balaban J connectivity index is 1.81. The topological polar surface area (TPSA) is 106 Å². The fourth-order valence-corrected chi connectivity index (χ4v) is 3.67. The van der Waals surface area contributed by atoms with Gasteiger partial charge in [-0.25, -0.2) is 9.47 Å². The number of morpholine rings is 1. The van der Waals surface area contributed by atoms with Gasteiger partial charge in [-0.2, -0.15) is 5.01 Å². The number of benzene rings is 1. The Morgan fingerprint density at radius 2 is 2.00 bits per heavy atom. The molecular formula is C22H26N4O6. The number of pyridine rings is 1. The first-order valence-corrected chi connectivity index (χ1v) is 10.3. The third-order valence-corrected chi connectivity index (χ3v) is 5.05. The Labute approximate surface area is 185 Å². The molecule has 2 aliphatic heterocycles. The molecule has 32 heavy (non-hydrogen) atoms. The number of hydrogen-bond donors (Lipinski definition) is 1. The van der Waals surface area contributed by atoms with Crippen molar-refractivity contribution in [1.82, 2.24) is 9.58 Å². The number of carbonyl (C=O) groups is 2. The largest absolute Gasteiger partial charge is 0.484 e. The van der Waals surface area contributed by atoms with Gasteiger partial charge in [0, 0.05) is 12.7 Å². The third-order valence-electron chi connectivity index (χ3n) is 5.05. The molecule has 0 aliphatic carbocycles. The van der Waals surface area contributed by atoms with Crippen LogP contribution >= 0.6 is 0 Å². The predicted octanol–water partition coefficient (Wildman–Crippen LogP) is 2.04. The summed E-state index contributed by atoms with van der Waals surface area (Å²) in [5.74, 6) is -0.283. The van der Waals surface area contributed by atoms with Crippen LogP contribution in [0.25, 0.3) is 0 Å². The van der Waals surface area contributed by atoms with E-state index in [0.717, 1.165) is 5.56 Å². The van der Waals surface area contributed by atoms with Crippen LogP contribution in [0.2, 0.25) is 0 Å². The predicted molar refractivity (Wildman–Crippen MR) is 113 cm³/mol. The monoisotopic (exact) mass is 442 g/mol. The van der Waals surface area contributed by atoms with Crippen LogP contribution in [0.5, 0.6) is 5.75 Å². The van der Waals surface area contributed by atoms with Crippen molar-refractivity contribution in [1.29, 1.82) is 0 Å². The zero-order valence-electron chi connectivity index (χ0n) is 18.2. The zero-order chi connectivity index (χ0) is 22.9. The highest BCUT2D eigenvalue weighted by molar-refractivity contribution is 5.98. The van der Waals surface area contributed by atoms with Crippen LogP contribution in [-0.2, 0) is 16.1 Å². The summed E-state index contributed by atoms with van der Waals surface area (Å²) in [5.41, 5.74) is 0.197. The molecule has 1 aromatic heterocycles. The average Bonchev–Trinajstić information content (AvgIpc) is 2.77. The molecule has 0 unspecified atom stereocenters. The Morgan fingerprint density at radius 1 is 1.25 bits per heavy atom. The first-order chi connectivity index (χ1) is 15.3. The van der Waals surface area contributed by atoms with Crippen molar-refractivity contribution >= 4 is 12.0 Å². The molecule has 1 N–H and O–H groups in total. The Morgan fingerprint density at radius 3 is 2.69 bits per heavy atom. The van der Waals surface area contributed by atoms with Gasteiger partial charge in [-0.05, 0) is 32.4 Å². The van der Waals surface area contributed by atoms with Crippen molar-refractivity contribution in [2.24, 2.45) is 5.16 Å². The van der Waals surface area contributed by atoms with E-state index in [1.54, 1.807) is 25.7 Å². The van der Waals surface area contributed by atoms with Crippen molar-refractivity contribution < 1.29 is 29.0 Å². The van der Waals surface area contributed by atoms with Crippen molar-refractivity contribution in [2.45, 2.75) is 39.1 Å². The van der Waals surface area contributed by atoms with Gasteiger partial charge in [-0.1, -0.05) is 35.5 Å². The maximum absolute atomic E-state index is 13.5. The second-order valence-corrected chi connectivity index (χ2v) is 8.48. The number of rotatable bonds is 3. The minimum atomic E-state index is -0.743. The van der Waals surface area contributed by atoms with Gasteiger partial charge in [-0.3, -0.25) is 4.79 Å².